The number of quaternary nitrogens is 1. The van der Waals surface area contributed by atoms with Crippen LogP contribution < -0.4 is 5.32 Å². The summed E-state index contributed by atoms with van der Waals surface area (Å²) in [5.41, 5.74) is 0. The average Bonchev–Trinajstić information content (AvgIpc) is 3.71. The molecule has 526 valence electrons. The van der Waals surface area contributed by atoms with Crippen LogP contribution in [0.25, 0.3) is 0 Å². The number of rotatable bonds is 76. The molecule has 3 N–H and O–H groups in total. The van der Waals surface area contributed by atoms with Crippen molar-refractivity contribution < 1.29 is 32.9 Å². The third-order valence-corrected chi connectivity index (χ3v) is 20.0. The minimum absolute atomic E-state index is 0.0656. The number of hydrogen-bond acceptors (Lipinski definition) is 5. The van der Waals surface area contributed by atoms with Crippen LogP contribution in [0.2, 0.25) is 0 Å². The van der Waals surface area contributed by atoms with Gasteiger partial charge in [0, 0.05) is 6.42 Å². The molecule has 1 amide bonds. The molecular weight excluding hydrogens is 1100 g/mol. The van der Waals surface area contributed by atoms with Gasteiger partial charge in [0.1, 0.15) is 13.2 Å². The number of carbonyl (C=O) groups is 1. The molecular formula is C79H160N2O6P+. The lowest BCUT2D eigenvalue weighted by Crippen LogP contribution is -2.45. The Bertz CT molecular complexity index is 1440. The fourth-order valence-electron chi connectivity index (χ4n) is 12.8. The van der Waals surface area contributed by atoms with Gasteiger partial charge in [-0.3, -0.25) is 13.8 Å². The summed E-state index contributed by atoms with van der Waals surface area (Å²) in [6.45, 7) is 4.90. The van der Waals surface area contributed by atoms with Crippen LogP contribution >= 0.6 is 7.82 Å². The Morgan fingerprint density at radius 3 is 0.841 bits per heavy atom. The van der Waals surface area contributed by atoms with Crippen molar-refractivity contribution in [3.63, 3.8) is 0 Å². The lowest BCUT2D eigenvalue weighted by atomic mass is 10.0. The Morgan fingerprint density at radius 1 is 0.375 bits per heavy atom. The van der Waals surface area contributed by atoms with Crippen LogP contribution in [-0.4, -0.2) is 73.4 Å². The highest BCUT2D eigenvalue weighted by atomic mass is 31.2. The van der Waals surface area contributed by atoms with Gasteiger partial charge in [0.25, 0.3) is 0 Å². The van der Waals surface area contributed by atoms with Crippen molar-refractivity contribution in [2.75, 3.05) is 40.9 Å². The molecule has 0 heterocycles. The van der Waals surface area contributed by atoms with E-state index in [9.17, 15) is 19.4 Å². The maximum atomic E-state index is 13.1. The van der Waals surface area contributed by atoms with Gasteiger partial charge in [-0.25, -0.2) is 4.57 Å². The predicted octanol–water partition coefficient (Wildman–Crippen LogP) is 26.0. The number of nitrogens with one attached hydrogen (secondary N) is 1. The number of unbranched alkanes of at least 4 members (excludes halogenated alkanes) is 63. The monoisotopic (exact) mass is 1260 g/mol. The number of aliphatic hydroxyl groups excluding tert-OH is 1. The van der Waals surface area contributed by atoms with Crippen molar-refractivity contribution >= 4 is 13.7 Å². The Labute approximate surface area is 552 Å². The van der Waals surface area contributed by atoms with E-state index in [0.717, 1.165) is 32.1 Å². The van der Waals surface area contributed by atoms with Gasteiger partial charge in [-0.1, -0.05) is 424 Å². The molecule has 0 rings (SSSR count). The highest BCUT2D eigenvalue weighted by Gasteiger charge is 2.28. The highest BCUT2D eigenvalue weighted by Crippen LogP contribution is 2.43. The van der Waals surface area contributed by atoms with Crippen LogP contribution in [-0.2, 0) is 18.4 Å². The summed E-state index contributed by atoms with van der Waals surface area (Å²) in [5, 5.41) is 14.0. The van der Waals surface area contributed by atoms with Gasteiger partial charge in [0.2, 0.25) is 5.91 Å². The molecule has 3 unspecified atom stereocenters. The molecule has 0 aromatic heterocycles. The largest absolute Gasteiger partial charge is 0.472 e. The van der Waals surface area contributed by atoms with Gasteiger partial charge in [-0.15, -0.1) is 0 Å². The van der Waals surface area contributed by atoms with E-state index in [2.05, 4.69) is 19.2 Å². The fourth-order valence-corrected chi connectivity index (χ4v) is 13.6. The molecule has 9 heteroatoms. The first-order valence-corrected chi connectivity index (χ1v) is 41.6. The third kappa shape index (κ3) is 72.7. The minimum atomic E-state index is -4.35. The molecule has 0 fully saturated rings. The molecule has 0 aromatic rings. The molecule has 0 aliphatic heterocycles. The smallest absolute Gasteiger partial charge is 0.387 e. The van der Waals surface area contributed by atoms with E-state index < -0.39 is 20.0 Å². The summed E-state index contributed by atoms with van der Waals surface area (Å²) in [4.78, 5) is 23.5. The maximum Gasteiger partial charge on any atom is 0.472 e. The fraction of sp³-hybridized carbons (Fsp3) is 0.962. The molecule has 0 aromatic carbocycles. The molecule has 0 saturated heterocycles. The second kappa shape index (κ2) is 70.6. The Kier molecular flexibility index (Phi) is 69.9. The van der Waals surface area contributed by atoms with Crippen molar-refractivity contribution in [1.29, 1.82) is 0 Å². The molecule has 0 spiro atoms. The Balaban J connectivity index is 3.87. The first kappa shape index (κ1) is 87.2. The van der Waals surface area contributed by atoms with E-state index in [1.165, 1.54) is 385 Å². The topological polar surface area (TPSA) is 105 Å². The minimum Gasteiger partial charge on any atom is -0.387 e. The van der Waals surface area contributed by atoms with Gasteiger partial charge in [0.05, 0.1) is 39.9 Å². The second-order valence-corrected chi connectivity index (χ2v) is 30.6. The van der Waals surface area contributed by atoms with E-state index in [1.54, 1.807) is 6.08 Å². The van der Waals surface area contributed by atoms with Gasteiger partial charge >= 0.3 is 7.82 Å². The van der Waals surface area contributed by atoms with Crippen LogP contribution in [0, 0.1) is 0 Å². The number of amides is 1. The number of phosphoric ester groups is 1. The molecule has 0 bridgehead atoms. The molecule has 0 radical (unpaired) electrons. The Morgan fingerprint density at radius 2 is 0.602 bits per heavy atom. The third-order valence-electron chi connectivity index (χ3n) is 19.0. The van der Waals surface area contributed by atoms with Gasteiger partial charge in [-0.05, 0) is 19.3 Å². The van der Waals surface area contributed by atoms with Crippen molar-refractivity contribution in [3.8, 4) is 0 Å². The summed E-state index contributed by atoms with van der Waals surface area (Å²) in [7, 11) is 1.60. The first-order valence-electron chi connectivity index (χ1n) is 40.1. The summed E-state index contributed by atoms with van der Waals surface area (Å²) in [6, 6.07) is -0.844. The maximum absolute atomic E-state index is 13.1. The predicted molar refractivity (Wildman–Crippen MR) is 388 cm³/mol. The zero-order valence-corrected chi connectivity index (χ0v) is 61.4. The number of phosphoric acid groups is 1. The summed E-state index contributed by atoms with van der Waals surface area (Å²) < 4.78 is 23.9. The van der Waals surface area contributed by atoms with Crippen molar-refractivity contribution in [3.05, 3.63) is 12.2 Å². The molecule has 0 aliphatic carbocycles. The zero-order chi connectivity index (χ0) is 64.1. The lowest BCUT2D eigenvalue weighted by molar-refractivity contribution is -0.870. The van der Waals surface area contributed by atoms with Crippen LogP contribution in [0.15, 0.2) is 12.2 Å². The van der Waals surface area contributed by atoms with E-state index in [0.29, 0.717) is 17.4 Å². The van der Waals surface area contributed by atoms with Gasteiger partial charge in [-0.2, -0.15) is 0 Å². The van der Waals surface area contributed by atoms with Gasteiger partial charge in [0.15, 0.2) is 0 Å². The van der Waals surface area contributed by atoms with Crippen LogP contribution in [0.5, 0.6) is 0 Å². The lowest BCUT2D eigenvalue weighted by Gasteiger charge is -2.25. The number of aliphatic hydroxyl groups is 1. The standard InChI is InChI=1S/C79H159N2O6P/c1-6-8-10-12-14-16-18-20-22-24-26-28-30-32-33-34-35-36-37-38-39-40-41-42-43-44-45-46-47-49-51-53-55-57-59-61-63-65-67-69-71-73-79(83)80-77(76-87-88(84,85)86-75-74-81(3,4)5)78(82)72-70-68-66-64-62-60-58-56-54-52-50-48-31-29-27-25-23-21-19-17-15-13-11-9-7-2/h70,72,77-78,82H,6-69,71,73-76H2,1-5H3,(H-,80,83,84,85)/p+1/b72-70+. The molecule has 3 atom stereocenters. The number of hydrogen-bond donors (Lipinski definition) is 3. The number of allylic oxidation sites excluding steroid dienone is 1. The van der Waals surface area contributed by atoms with Crippen LogP contribution in [0.3, 0.4) is 0 Å². The molecule has 0 saturated carbocycles. The quantitative estimate of drug-likeness (QED) is 0.0243. The first-order chi connectivity index (χ1) is 43.0. The van der Waals surface area contributed by atoms with Crippen LogP contribution in [0.1, 0.15) is 438 Å². The van der Waals surface area contributed by atoms with E-state index in [1.807, 2.05) is 27.2 Å². The highest BCUT2D eigenvalue weighted by molar-refractivity contribution is 7.47. The molecule has 0 aliphatic rings. The number of carbonyl (C=O) groups excluding carboxylic acids is 1. The van der Waals surface area contributed by atoms with E-state index in [4.69, 9.17) is 9.05 Å². The number of nitrogens with zero attached hydrogens (tertiary/aromatic N) is 1. The summed E-state index contributed by atoms with van der Waals surface area (Å²) in [5.74, 6) is -0.165. The SMILES string of the molecule is CCCCCCCCCCCCCCCCCCCCCCCCC/C=C/C(O)C(COP(=O)(O)OCC[N+](C)(C)C)NC(=O)CCCCCCCCCCCCCCCCCCCCCCCCCCCCCCCCCCCCCCCCCCC. The van der Waals surface area contributed by atoms with Crippen LogP contribution in [0.4, 0.5) is 0 Å². The van der Waals surface area contributed by atoms with Crippen molar-refractivity contribution in [1.82, 2.24) is 5.32 Å². The van der Waals surface area contributed by atoms with Crippen molar-refractivity contribution in [2.45, 2.75) is 450 Å². The van der Waals surface area contributed by atoms with Crippen molar-refractivity contribution in [2.24, 2.45) is 0 Å². The number of likely N-dealkylation sites (N-methyl/N-ethyl adjacent to an activating group) is 1. The summed E-state index contributed by atoms with van der Waals surface area (Å²) in [6.07, 6.45) is 92.8. The zero-order valence-electron chi connectivity index (χ0n) is 60.5. The Hall–Kier alpha value is -0.760. The molecule has 8 nitrogen and oxygen atoms in total. The average molecular weight is 1270 g/mol. The van der Waals surface area contributed by atoms with Gasteiger partial charge < -0.3 is 19.8 Å². The van der Waals surface area contributed by atoms with E-state index >= 15 is 0 Å². The molecule has 88 heavy (non-hydrogen) atoms. The normalized spacial score (nSPS) is 13.5. The summed E-state index contributed by atoms with van der Waals surface area (Å²) >= 11 is 0. The van der Waals surface area contributed by atoms with E-state index in [-0.39, 0.29) is 19.1 Å². The second-order valence-electron chi connectivity index (χ2n) is 29.2.